The van der Waals surface area contributed by atoms with Gasteiger partial charge in [-0.15, -0.1) is 0 Å². The van der Waals surface area contributed by atoms with Crippen LogP contribution in [-0.2, 0) is 14.3 Å². The highest BCUT2D eigenvalue weighted by Gasteiger charge is 2.13. The minimum atomic E-state index is -0.652. The fraction of sp³-hybridized carbons (Fsp3) is 0.222. The van der Waals surface area contributed by atoms with Crippen LogP contribution in [0.1, 0.15) is 11.1 Å². The molecule has 0 aliphatic rings. The Hall–Kier alpha value is -2.24. The topological polar surface area (TPSA) is 64.6 Å². The van der Waals surface area contributed by atoms with E-state index in [1.807, 2.05) is 26.0 Å². The van der Waals surface area contributed by atoms with E-state index >= 15 is 0 Å². The van der Waals surface area contributed by atoms with Crippen LogP contribution in [0, 0.1) is 13.8 Å². The van der Waals surface area contributed by atoms with Crippen LogP contribution >= 0.6 is 23.2 Å². The van der Waals surface area contributed by atoms with E-state index in [0.717, 1.165) is 11.1 Å². The first-order valence-corrected chi connectivity index (χ1v) is 8.22. The smallest absolute Gasteiger partial charge is 0.344 e. The number of carbonyl (C=O) groups excluding carboxylic acids is 2. The van der Waals surface area contributed by atoms with Gasteiger partial charge >= 0.3 is 5.97 Å². The van der Waals surface area contributed by atoms with E-state index in [9.17, 15) is 9.59 Å². The lowest BCUT2D eigenvalue weighted by Gasteiger charge is -2.11. The largest absolute Gasteiger partial charge is 0.482 e. The van der Waals surface area contributed by atoms with Crippen LogP contribution in [0.5, 0.6) is 5.75 Å². The maximum absolute atomic E-state index is 11.8. The Morgan fingerprint density at radius 3 is 2.32 bits per heavy atom. The SMILES string of the molecule is Cc1cccc(OCC(=O)OCC(=O)Nc2c(Cl)cccc2Cl)c1C. The predicted octanol–water partition coefficient (Wildman–Crippen LogP) is 4.17. The summed E-state index contributed by atoms with van der Waals surface area (Å²) in [6.45, 7) is 3.10. The van der Waals surface area contributed by atoms with Crippen molar-refractivity contribution >= 4 is 40.8 Å². The van der Waals surface area contributed by atoms with Gasteiger partial charge in [0.25, 0.3) is 5.91 Å². The molecule has 0 spiro atoms. The number of para-hydroxylation sites is 1. The Bertz CT molecular complexity index is 772. The third-order valence-corrected chi connectivity index (χ3v) is 4.12. The number of hydrogen-bond acceptors (Lipinski definition) is 4. The fourth-order valence-corrected chi connectivity index (χ4v) is 2.49. The van der Waals surface area contributed by atoms with Gasteiger partial charge in [0, 0.05) is 0 Å². The molecule has 0 saturated carbocycles. The molecule has 2 aromatic carbocycles. The monoisotopic (exact) mass is 381 g/mol. The van der Waals surface area contributed by atoms with E-state index in [1.54, 1.807) is 24.3 Å². The van der Waals surface area contributed by atoms with Gasteiger partial charge in [0.05, 0.1) is 15.7 Å². The number of hydrogen-bond donors (Lipinski definition) is 1. The Balaban J connectivity index is 1.81. The van der Waals surface area contributed by atoms with Crippen LogP contribution in [0.3, 0.4) is 0 Å². The van der Waals surface area contributed by atoms with E-state index < -0.39 is 18.5 Å². The van der Waals surface area contributed by atoms with Crippen molar-refractivity contribution < 1.29 is 19.1 Å². The summed E-state index contributed by atoms with van der Waals surface area (Å²) in [6.07, 6.45) is 0. The standard InChI is InChI=1S/C18H17Cl2NO4/c1-11-5-3-8-15(12(11)2)24-10-17(23)25-9-16(22)21-18-13(19)6-4-7-14(18)20/h3-8H,9-10H2,1-2H3,(H,21,22). The molecule has 0 atom stereocenters. The lowest BCUT2D eigenvalue weighted by Crippen LogP contribution is -2.24. The van der Waals surface area contributed by atoms with Gasteiger partial charge in [-0.2, -0.15) is 0 Å². The molecule has 0 unspecified atom stereocenters. The second-order valence-electron chi connectivity index (χ2n) is 5.29. The molecule has 25 heavy (non-hydrogen) atoms. The third-order valence-electron chi connectivity index (χ3n) is 3.49. The van der Waals surface area contributed by atoms with Crippen molar-refractivity contribution in [2.75, 3.05) is 18.5 Å². The molecule has 0 aliphatic heterocycles. The number of aryl methyl sites for hydroxylation is 1. The van der Waals surface area contributed by atoms with E-state index in [0.29, 0.717) is 15.8 Å². The van der Waals surface area contributed by atoms with Crippen LogP contribution < -0.4 is 10.1 Å². The zero-order valence-corrected chi connectivity index (χ0v) is 15.3. The van der Waals surface area contributed by atoms with Gasteiger partial charge in [-0.05, 0) is 43.2 Å². The summed E-state index contributed by atoms with van der Waals surface area (Å²) in [7, 11) is 0. The number of halogens is 2. The molecule has 2 rings (SSSR count). The minimum absolute atomic E-state index is 0.276. The number of benzene rings is 2. The van der Waals surface area contributed by atoms with Gasteiger partial charge in [0.2, 0.25) is 0 Å². The number of ether oxygens (including phenoxy) is 2. The van der Waals surface area contributed by atoms with Gasteiger partial charge in [-0.3, -0.25) is 4.79 Å². The lowest BCUT2D eigenvalue weighted by molar-refractivity contribution is -0.149. The Labute approximate surface area is 155 Å². The van der Waals surface area contributed by atoms with Crippen molar-refractivity contribution in [3.63, 3.8) is 0 Å². The molecule has 0 bridgehead atoms. The van der Waals surface area contributed by atoms with Gasteiger partial charge in [0.15, 0.2) is 13.2 Å². The van der Waals surface area contributed by atoms with Crippen molar-refractivity contribution in [1.82, 2.24) is 0 Å². The van der Waals surface area contributed by atoms with Crippen LogP contribution in [0.2, 0.25) is 10.0 Å². The van der Waals surface area contributed by atoms with Gasteiger partial charge < -0.3 is 14.8 Å². The Morgan fingerprint density at radius 1 is 1.00 bits per heavy atom. The summed E-state index contributed by atoms with van der Waals surface area (Å²) in [4.78, 5) is 23.6. The molecular formula is C18H17Cl2NO4. The second-order valence-corrected chi connectivity index (χ2v) is 6.11. The maximum atomic E-state index is 11.8. The third kappa shape index (κ3) is 5.37. The maximum Gasteiger partial charge on any atom is 0.344 e. The zero-order valence-electron chi connectivity index (χ0n) is 13.8. The number of nitrogens with one attached hydrogen (secondary N) is 1. The lowest BCUT2D eigenvalue weighted by atomic mass is 10.1. The summed E-state index contributed by atoms with van der Waals surface area (Å²) in [6, 6.07) is 10.4. The van der Waals surface area contributed by atoms with Crippen LogP contribution in [0.25, 0.3) is 0 Å². The quantitative estimate of drug-likeness (QED) is 0.762. The molecule has 0 aliphatic carbocycles. The highest BCUT2D eigenvalue weighted by molar-refractivity contribution is 6.39. The van der Waals surface area contributed by atoms with Crippen LogP contribution in [0.4, 0.5) is 5.69 Å². The first kappa shape index (κ1) is 19.1. The van der Waals surface area contributed by atoms with Gasteiger partial charge in [-0.25, -0.2) is 4.79 Å². The molecule has 0 heterocycles. The van der Waals surface area contributed by atoms with Crippen molar-refractivity contribution in [3.05, 3.63) is 57.6 Å². The molecule has 5 nitrogen and oxygen atoms in total. The average molecular weight is 382 g/mol. The molecule has 0 fully saturated rings. The Kier molecular flexibility index (Phi) is 6.67. The first-order valence-electron chi connectivity index (χ1n) is 7.47. The van der Waals surface area contributed by atoms with Crippen molar-refractivity contribution in [2.45, 2.75) is 13.8 Å². The molecule has 2 aromatic rings. The van der Waals surface area contributed by atoms with Crippen LogP contribution in [0.15, 0.2) is 36.4 Å². The van der Waals surface area contributed by atoms with E-state index in [4.69, 9.17) is 32.7 Å². The molecule has 0 aromatic heterocycles. The normalized spacial score (nSPS) is 10.2. The van der Waals surface area contributed by atoms with Crippen molar-refractivity contribution in [1.29, 1.82) is 0 Å². The highest BCUT2D eigenvalue weighted by Crippen LogP contribution is 2.29. The van der Waals surface area contributed by atoms with E-state index in [-0.39, 0.29) is 12.3 Å². The summed E-state index contributed by atoms with van der Waals surface area (Å²) >= 11 is 11.9. The number of esters is 1. The number of carbonyl (C=O) groups is 2. The predicted molar refractivity (Wildman–Crippen MR) is 97.5 cm³/mol. The first-order chi connectivity index (χ1) is 11.9. The molecule has 7 heteroatoms. The number of rotatable bonds is 6. The van der Waals surface area contributed by atoms with Gasteiger partial charge in [-0.1, -0.05) is 41.4 Å². The van der Waals surface area contributed by atoms with Crippen molar-refractivity contribution in [2.24, 2.45) is 0 Å². The average Bonchev–Trinajstić information content (AvgIpc) is 2.58. The molecule has 1 amide bonds. The summed E-state index contributed by atoms with van der Waals surface area (Å²) < 4.78 is 10.3. The fourth-order valence-electron chi connectivity index (χ4n) is 2.00. The summed E-state index contributed by atoms with van der Waals surface area (Å²) in [5, 5.41) is 3.10. The van der Waals surface area contributed by atoms with Crippen molar-refractivity contribution in [3.8, 4) is 5.75 Å². The van der Waals surface area contributed by atoms with E-state index in [1.165, 1.54) is 0 Å². The Morgan fingerprint density at radius 2 is 1.64 bits per heavy atom. The van der Waals surface area contributed by atoms with Gasteiger partial charge in [0.1, 0.15) is 5.75 Å². The van der Waals surface area contributed by atoms with Crippen LogP contribution in [-0.4, -0.2) is 25.1 Å². The number of amides is 1. The molecule has 0 radical (unpaired) electrons. The molecular weight excluding hydrogens is 365 g/mol. The summed E-state index contributed by atoms with van der Waals surface area (Å²) in [5.41, 5.74) is 2.28. The number of anilines is 1. The molecule has 0 saturated heterocycles. The highest BCUT2D eigenvalue weighted by atomic mass is 35.5. The van der Waals surface area contributed by atoms with E-state index in [2.05, 4.69) is 5.32 Å². The molecule has 1 N–H and O–H groups in total. The minimum Gasteiger partial charge on any atom is -0.482 e. The second kappa shape index (κ2) is 8.74. The zero-order chi connectivity index (χ0) is 18.4. The summed E-state index contributed by atoms with van der Waals surface area (Å²) in [5.74, 6) is -0.597. The molecule has 132 valence electrons.